The van der Waals surface area contributed by atoms with Crippen LogP contribution in [0.15, 0.2) is 24.5 Å². The Morgan fingerprint density at radius 3 is 2.61 bits per heavy atom. The van der Waals surface area contributed by atoms with Crippen LogP contribution in [0.2, 0.25) is 0 Å². The molecule has 0 radical (unpaired) electrons. The van der Waals surface area contributed by atoms with E-state index in [4.69, 9.17) is 5.11 Å². The van der Waals surface area contributed by atoms with Gasteiger partial charge < -0.3 is 5.11 Å². The molecule has 0 aliphatic heterocycles. The second kappa shape index (κ2) is 5.61. The quantitative estimate of drug-likeness (QED) is 0.815. The summed E-state index contributed by atoms with van der Waals surface area (Å²) in [7, 11) is -0.928. The van der Waals surface area contributed by atoms with Crippen LogP contribution in [0.3, 0.4) is 0 Å². The van der Waals surface area contributed by atoms with Crippen molar-refractivity contribution in [2.24, 2.45) is 5.41 Å². The van der Waals surface area contributed by atoms with Gasteiger partial charge in [0.05, 0.1) is 6.42 Å². The summed E-state index contributed by atoms with van der Waals surface area (Å²) in [6.45, 7) is 0. The van der Waals surface area contributed by atoms with Gasteiger partial charge in [0, 0.05) is 34.7 Å². The average Bonchev–Trinajstić information content (AvgIpc) is 3.06. The molecule has 5 heteroatoms. The van der Waals surface area contributed by atoms with Crippen molar-refractivity contribution in [3.05, 3.63) is 30.1 Å². The molecule has 2 rings (SSSR count). The van der Waals surface area contributed by atoms with Gasteiger partial charge in [0.2, 0.25) is 0 Å². The predicted molar refractivity (Wildman–Crippen MR) is 69.7 cm³/mol. The van der Waals surface area contributed by atoms with Gasteiger partial charge in [-0.2, -0.15) is 0 Å². The summed E-state index contributed by atoms with van der Waals surface area (Å²) in [5.74, 6) is 0.356. The van der Waals surface area contributed by atoms with Gasteiger partial charge in [-0.3, -0.25) is 14.0 Å². The molecule has 1 aromatic rings. The van der Waals surface area contributed by atoms with E-state index >= 15 is 0 Å². The van der Waals surface area contributed by atoms with Crippen molar-refractivity contribution in [2.75, 3.05) is 11.5 Å². The van der Waals surface area contributed by atoms with Crippen molar-refractivity contribution in [3.63, 3.8) is 0 Å². The molecule has 1 saturated carbocycles. The molecule has 1 fully saturated rings. The van der Waals surface area contributed by atoms with Crippen molar-refractivity contribution >= 4 is 16.8 Å². The Balaban J connectivity index is 1.78. The van der Waals surface area contributed by atoms with E-state index in [0.717, 1.165) is 24.8 Å². The second-order valence-electron chi connectivity index (χ2n) is 4.96. The van der Waals surface area contributed by atoms with Crippen molar-refractivity contribution in [3.8, 4) is 0 Å². The van der Waals surface area contributed by atoms with Crippen molar-refractivity contribution < 1.29 is 14.1 Å². The number of carboxylic acids is 1. The highest BCUT2D eigenvalue weighted by Gasteiger charge is 2.45. The molecule has 1 heterocycles. The number of aromatic nitrogens is 1. The number of carbonyl (C=O) groups is 1. The van der Waals surface area contributed by atoms with Crippen LogP contribution >= 0.6 is 0 Å². The third-order valence-electron chi connectivity index (χ3n) is 3.32. The Kier molecular flexibility index (Phi) is 4.11. The number of carboxylic acid groups (broad SMARTS) is 1. The first-order valence-electron chi connectivity index (χ1n) is 6.05. The summed E-state index contributed by atoms with van der Waals surface area (Å²) >= 11 is 0. The average molecular weight is 267 g/mol. The molecule has 1 aliphatic rings. The lowest BCUT2D eigenvalue weighted by Gasteiger charge is -2.11. The van der Waals surface area contributed by atoms with E-state index in [-0.39, 0.29) is 11.8 Å². The molecular weight excluding hydrogens is 250 g/mol. The first kappa shape index (κ1) is 13.2. The zero-order valence-electron chi connectivity index (χ0n) is 10.2. The van der Waals surface area contributed by atoms with E-state index in [2.05, 4.69) is 4.98 Å². The van der Waals surface area contributed by atoms with Crippen LogP contribution in [0.1, 0.15) is 24.8 Å². The second-order valence-corrected chi connectivity index (χ2v) is 6.54. The smallest absolute Gasteiger partial charge is 0.303 e. The maximum absolute atomic E-state index is 12.0. The van der Waals surface area contributed by atoms with E-state index in [9.17, 15) is 9.00 Å². The lowest BCUT2D eigenvalue weighted by Crippen LogP contribution is -2.18. The Morgan fingerprint density at radius 1 is 1.39 bits per heavy atom. The number of aryl methyl sites for hydroxylation is 1. The highest BCUT2D eigenvalue weighted by atomic mass is 32.2. The van der Waals surface area contributed by atoms with E-state index in [1.165, 1.54) is 0 Å². The van der Waals surface area contributed by atoms with Crippen molar-refractivity contribution in [1.82, 2.24) is 4.98 Å². The Labute approximate surface area is 109 Å². The predicted octanol–water partition coefficient (Wildman–Crippen LogP) is 1.63. The fraction of sp³-hybridized carbons (Fsp3) is 0.538. The zero-order chi connectivity index (χ0) is 13.0. The topological polar surface area (TPSA) is 67.3 Å². The van der Waals surface area contributed by atoms with Gasteiger partial charge in [0.25, 0.3) is 0 Å². The Bertz CT molecular complexity index is 443. The minimum absolute atomic E-state index is 0.161. The molecule has 1 atom stereocenters. The van der Waals surface area contributed by atoms with Gasteiger partial charge in [-0.05, 0) is 42.4 Å². The van der Waals surface area contributed by atoms with Crippen LogP contribution in [0, 0.1) is 5.41 Å². The van der Waals surface area contributed by atoms with E-state index in [1.807, 2.05) is 12.1 Å². The maximum atomic E-state index is 12.0. The highest BCUT2D eigenvalue weighted by Crippen LogP contribution is 2.49. The molecule has 18 heavy (non-hydrogen) atoms. The number of nitrogens with zero attached hydrogens (tertiary/aromatic N) is 1. The van der Waals surface area contributed by atoms with Gasteiger partial charge in [0.1, 0.15) is 0 Å². The molecular formula is C13H17NO3S. The van der Waals surface area contributed by atoms with E-state index < -0.39 is 16.8 Å². The summed E-state index contributed by atoms with van der Waals surface area (Å²) < 4.78 is 12.0. The number of hydrogen-bond donors (Lipinski definition) is 1. The Morgan fingerprint density at radius 2 is 2.06 bits per heavy atom. The normalized spacial score (nSPS) is 18.2. The third kappa shape index (κ3) is 3.91. The number of rotatable bonds is 7. The molecule has 1 N–H and O–H groups in total. The number of hydrogen-bond acceptors (Lipinski definition) is 3. The fourth-order valence-corrected chi connectivity index (χ4v) is 3.75. The van der Waals surface area contributed by atoms with E-state index in [0.29, 0.717) is 11.5 Å². The molecule has 1 aliphatic carbocycles. The van der Waals surface area contributed by atoms with Gasteiger partial charge in [-0.15, -0.1) is 0 Å². The minimum Gasteiger partial charge on any atom is -0.481 e. The third-order valence-corrected chi connectivity index (χ3v) is 4.91. The summed E-state index contributed by atoms with van der Waals surface area (Å²) in [4.78, 5) is 14.6. The highest BCUT2D eigenvalue weighted by molar-refractivity contribution is 7.85. The maximum Gasteiger partial charge on any atom is 0.303 e. The van der Waals surface area contributed by atoms with Crippen LogP contribution in [-0.4, -0.2) is 31.8 Å². The van der Waals surface area contributed by atoms with Crippen LogP contribution in [0.5, 0.6) is 0 Å². The molecule has 1 aromatic heterocycles. The minimum atomic E-state index is -0.928. The summed E-state index contributed by atoms with van der Waals surface area (Å²) in [6, 6.07) is 3.84. The summed E-state index contributed by atoms with van der Waals surface area (Å²) in [5, 5.41) is 8.80. The molecule has 0 amide bonds. The van der Waals surface area contributed by atoms with Crippen molar-refractivity contribution in [1.29, 1.82) is 0 Å². The number of aliphatic carboxylic acids is 1. The van der Waals surface area contributed by atoms with Crippen LogP contribution in [0.4, 0.5) is 0 Å². The SMILES string of the molecule is O=C(O)CC1(CS(=O)CCc2ccncc2)CC1. The monoisotopic (exact) mass is 267 g/mol. The molecule has 0 saturated heterocycles. The largest absolute Gasteiger partial charge is 0.481 e. The first-order chi connectivity index (χ1) is 8.60. The van der Waals surface area contributed by atoms with Crippen LogP contribution in [-0.2, 0) is 22.0 Å². The molecule has 0 bridgehead atoms. The molecule has 98 valence electrons. The number of pyridine rings is 1. The fourth-order valence-electron chi connectivity index (χ4n) is 2.06. The molecule has 1 unspecified atom stereocenters. The summed E-state index contributed by atoms with van der Waals surface area (Å²) in [6.07, 6.45) is 6.18. The van der Waals surface area contributed by atoms with Crippen LogP contribution < -0.4 is 0 Å². The molecule has 0 spiro atoms. The lowest BCUT2D eigenvalue weighted by atomic mass is 10.1. The molecule has 0 aromatic carbocycles. The van der Waals surface area contributed by atoms with Crippen molar-refractivity contribution in [2.45, 2.75) is 25.7 Å². The molecule has 4 nitrogen and oxygen atoms in total. The van der Waals surface area contributed by atoms with E-state index in [1.54, 1.807) is 12.4 Å². The Hall–Kier alpha value is -1.23. The summed E-state index contributed by atoms with van der Waals surface area (Å²) in [5.41, 5.74) is 0.955. The van der Waals surface area contributed by atoms with Gasteiger partial charge in [-0.1, -0.05) is 0 Å². The zero-order valence-corrected chi connectivity index (χ0v) is 11.0. The van der Waals surface area contributed by atoms with Gasteiger partial charge >= 0.3 is 5.97 Å². The lowest BCUT2D eigenvalue weighted by molar-refractivity contribution is -0.138. The van der Waals surface area contributed by atoms with Gasteiger partial charge in [0.15, 0.2) is 0 Å². The standard InChI is InChI=1S/C13H17NO3S/c15-12(16)9-13(4-5-13)10-18(17)8-3-11-1-6-14-7-2-11/h1-2,6-7H,3-5,8-10H2,(H,15,16). The van der Waals surface area contributed by atoms with Gasteiger partial charge in [-0.25, -0.2) is 0 Å². The van der Waals surface area contributed by atoms with Crippen LogP contribution in [0.25, 0.3) is 0 Å². The first-order valence-corrected chi connectivity index (χ1v) is 7.54.